The lowest BCUT2D eigenvalue weighted by atomic mass is 10.3. The van der Waals surface area contributed by atoms with Gasteiger partial charge < -0.3 is 5.32 Å². The van der Waals surface area contributed by atoms with Gasteiger partial charge in [-0.05, 0) is 37.9 Å². The fourth-order valence-corrected chi connectivity index (χ4v) is 3.36. The number of hydrogen-bond donors (Lipinski definition) is 1. The molecule has 17 heavy (non-hydrogen) atoms. The summed E-state index contributed by atoms with van der Waals surface area (Å²) in [5.41, 5.74) is 0.970. The van der Waals surface area contributed by atoms with Gasteiger partial charge in [0.15, 0.2) is 14.9 Å². The first-order chi connectivity index (χ1) is 7.58. The van der Waals surface area contributed by atoms with Crippen LogP contribution in [0.5, 0.6) is 0 Å². The van der Waals surface area contributed by atoms with Gasteiger partial charge in [-0.25, -0.2) is 13.4 Å². The Labute approximate surface area is 108 Å². The lowest BCUT2D eigenvalue weighted by Gasteiger charge is -2.10. The van der Waals surface area contributed by atoms with E-state index >= 15 is 0 Å². The number of aryl methyl sites for hydroxylation is 1. The van der Waals surface area contributed by atoms with Crippen LogP contribution in [0.3, 0.4) is 0 Å². The molecule has 0 bridgehead atoms. The molecule has 1 unspecified atom stereocenters. The first-order valence-electron chi connectivity index (χ1n) is 5.47. The molecule has 1 fully saturated rings. The minimum absolute atomic E-state index is 0. The maximum atomic E-state index is 12.0. The molecule has 0 saturated carbocycles. The van der Waals surface area contributed by atoms with Crippen molar-refractivity contribution in [3.63, 3.8) is 0 Å². The first-order valence-corrected chi connectivity index (χ1v) is 7.12. The predicted octanol–water partition coefficient (Wildman–Crippen LogP) is 1.34. The number of nitrogens with zero attached hydrogens (tertiary/aromatic N) is 1. The van der Waals surface area contributed by atoms with Crippen LogP contribution in [0.15, 0.2) is 23.4 Å². The van der Waals surface area contributed by atoms with Gasteiger partial charge in [0.25, 0.3) is 0 Å². The van der Waals surface area contributed by atoms with Crippen molar-refractivity contribution >= 4 is 22.2 Å². The van der Waals surface area contributed by atoms with Crippen molar-refractivity contribution in [2.45, 2.75) is 30.8 Å². The molecule has 1 aliphatic rings. The van der Waals surface area contributed by atoms with Gasteiger partial charge in [0.1, 0.15) is 0 Å². The summed E-state index contributed by atoms with van der Waals surface area (Å²) in [7, 11) is -3.23. The van der Waals surface area contributed by atoms with Gasteiger partial charge >= 0.3 is 0 Å². The lowest BCUT2D eigenvalue weighted by molar-refractivity contribution is 0.573. The summed E-state index contributed by atoms with van der Waals surface area (Å²) in [6, 6.07) is 3.45. The molecule has 1 atom stereocenters. The monoisotopic (exact) mass is 276 g/mol. The van der Waals surface area contributed by atoms with Gasteiger partial charge in [-0.3, -0.25) is 0 Å². The zero-order valence-electron chi connectivity index (χ0n) is 9.72. The van der Waals surface area contributed by atoms with Crippen molar-refractivity contribution < 1.29 is 8.42 Å². The summed E-state index contributed by atoms with van der Waals surface area (Å²) in [5, 5.41) is 3.37. The van der Waals surface area contributed by atoms with Crippen LogP contribution in [0.2, 0.25) is 0 Å². The Morgan fingerprint density at radius 2 is 2.24 bits per heavy atom. The Morgan fingerprint density at radius 3 is 2.76 bits per heavy atom. The summed E-state index contributed by atoms with van der Waals surface area (Å²) < 4.78 is 24.0. The molecule has 1 aliphatic heterocycles. The van der Waals surface area contributed by atoms with E-state index in [1.807, 2.05) is 6.92 Å². The number of sulfone groups is 1. The number of hydrogen-bond acceptors (Lipinski definition) is 4. The van der Waals surface area contributed by atoms with E-state index in [1.54, 1.807) is 18.3 Å². The zero-order valence-corrected chi connectivity index (χ0v) is 11.4. The molecule has 1 N–H and O–H groups in total. The van der Waals surface area contributed by atoms with Crippen molar-refractivity contribution in [2.75, 3.05) is 12.3 Å². The third-order valence-corrected chi connectivity index (χ3v) is 4.51. The topological polar surface area (TPSA) is 59.1 Å². The molecule has 4 nitrogen and oxygen atoms in total. The quantitative estimate of drug-likeness (QED) is 0.905. The predicted molar refractivity (Wildman–Crippen MR) is 69.3 cm³/mol. The summed E-state index contributed by atoms with van der Waals surface area (Å²) in [6.45, 7) is 2.81. The third kappa shape index (κ3) is 3.66. The fourth-order valence-electron chi connectivity index (χ4n) is 1.89. The van der Waals surface area contributed by atoms with Crippen molar-refractivity contribution in [1.82, 2.24) is 10.3 Å². The minimum Gasteiger partial charge on any atom is -0.313 e. The largest absolute Gasteiger partial charge is 0.313 e. The van der Waals surface area contributed by atoms with Crippen LogP contribution in [-0.4, -0.2) is 31.7 Å². The molecule has 2 rings (SSSR count). The standard InChI is InChI=1S/C11H16N2O2S.ClH/c1-9-4-5-11(13-7-9)16(14,15)8-10-3-2-6-12-10;/h4-5,7,10,12H,2-3,6,8H2,1H3;1H. The second kappa shape index (κ2) is 5.80. The highest BCUT2D eigenvalue weighted by Gasteiger charge is 2.24. The van der Waals surface area contributed by atoms with Crippen LogP contribution in [0, 0.1) is 6.92 Å². The van der Waals surface area contributed by atoms with Gasteiger partial charge in [0.05, 0.1) is 5.75 Å². The smallest absolute Gasteiger partial charge is 0.197 e. The Bertz CT molecular complexity index is 453. The number of aromatic nitrogens is 1. The van der Waals surface area contributed by atoms with Gasteiger partial charge in [-0.1, -0.05) is 6.07 Å². The SMILES string of the molecule is Cc1ccc(S(=O)(=O)CC2CCCN2)nc1.Cl. The van der Waals surface area contributed by atoms with Gasteiger partial charge in [-0.2, -0.15) is 0 Å². The van der Waals surface area contributed by atoms with Crippen molar-refractivity contribution in [3.8, 4) is 0 Å². The zero-order chi connectivity index (χ0) is 11.6. The van der Waals surface area contributed by atoms with E-state index in [0.29, 0.717) is 0 Å². The van der Waals surface area contributed by atoms with E-state index in [1.165, 1.54) is 0 Å². The fraction of sp³-hybridized carbons (Fsp3) is 0.545. The van der Waals surface area contributed by atoms with Crippen molar-refractivity contribution in [2.24, 2.45) is 0 Å². The molecule has 0 radical (unpaired) electrons. The summed E-state index contributed by atoms with van der Waals surface area (Å²) in [6.07, 6.45) is 3.58. The molecule has 1 saturated heterocycles. The number of rotatable bonds is 3. The van der Waals surface area contributed by atoms with Gasteiger partial charge in [0.2, 0.25) is 0 Å². The highest BCUT2D eigenvalue weighted by Crippen LogP contribution is 2.14. The lowest BCUT2D eigenvalue weighted by Crippen LogP contribution is -2.30. The average Bonchev–Trinajstić information content (AvgIpc) is 2.70. The Hall–Kier alpha value is -0.650. The molecule has 96 valence electrons. The Kier molecular flexibility index (Phi) is 4.91. The van der Waals surface area contributed by atoms with Crippen LogP contribution in [0.25, 0.3) is 0 Å². The van der Waals surface area contributed by atoms with Crippen LogP contribution in [-0.2, 0) is 9.84 Å². The summed E-state index contributed by atoms with van der Waals surface area (Å²) in [5.74, 6) is 0.156. The first kappa shape index (κ1) is 14.4. The Balaban J connectivity index is 0.00000144. The second-order valence-electron chi connectivity index (χ2n) is 4.25. The van der Waals surface area contributed by atoms with Crippen LogP contribution < -0.4 is 5.32 Å². The molecular weight excluding hydrogens is 260 g/mol. The molecular formula is C11H17ClN2O2S. The molecule has 0 spiro atoms. The van der Waals surface area contributed by atoms with E-state index < -0.39 is 9.84 Å². The minimum atomic E-state index is -3.23. The molecule has 6 heteroatoms. The normalized spacial score (nSPS) is 19.9. The maximum absolute atomic E-state index is 12.0. The van der Waals surface area contributed by atoms with Crippen molar-refractivity contribution in [1.29, 1.82) is 0 Å². The summed E-state index contributed by atoms with van der Waals surface area (Å²) in [4.78, 5) is 3.98. The molecule has 0 amide bonds. The Morgan fingerprint density at radius 1 is 1.47 bits per heavy atom. The summed E-state index contributed by atoms with van der Waals surface area (Å²) >= 11 is 0. The number of nitrogens with one attached hydrogen (secondary N) is 1. The van der Waals surface area contributed by atoms with Crippen molar-refractivity contribution in [3.05, 3.63) is 23.9 Å². The number of halogens is 1. The highest BCUT2D eigenvalue weighted by atomic mass is 35.5. The van der Waals surface area contributed by atoms with Crippen LogP contribution >= 0.6 is 12.4 Å². The molecule has 0 aliphatic carbocycles. The molecule has 2 heterocycles. The van der Waals surface area contributed by atoms with E-state index in [-0.39, 0.29) is 29.2 Å². The highest BCUT2D eigenvalue weighted by molar-refractivity contribution is 7.91. The van der Waals surface area contributed by atoms with E-state index in [2.05, 4.69) is 10.3 Å². The van der Waals surface area contributed by atoms with E-state index in [0.717, 1.165) is 24.9 Å². The third-order valence-electron chi connectivity index (χ3n) is 2.79. The van der Waals surface area contributed by atoms with Crippen LogP contribution in [0.1, 0.15) is 18.4 Å². The maximum Gasteiger partial charge on any atom is 0.197 e. The van der Waals surface area contributed by atoms with E-state index in [9.17, 15) is 8.42 Å². The molecule has 1 aromatic heterocycles. The second-order valence-corrected chi connectivity index (χ2v) is 6.23. The van der Waals surface area contributed by atoms with E-state index in [4.69, 9.17) is 0 Å². The van der Waals surface area contributed by atoms with Crippen LogP contribution in [0.4, 0.5) is 0 Å². The van der Waals surface area contributed by atoms with Gasteiger partial charge in [0, 0.05) is 12.2 Å². The average molecular weight is 277 g/mol. The molecule has 0 aromatic carbocycles. The molecule has 1 aromatic rings. The van der Waals surface area contributed by atoms with Gasteiger partial charge in [-0.15, -0.1) is 12.4 Å². The number of pyridine rings is 1.